The minimum atomic E-state index is -4.78. The maximum Gasteiger partial charge on any atom is 0.573 e. The summed E-state index contributed by atoms with van der Waals surface area (Å²) >= 11 is 10.7. The van der Waals surface area contributed by atoms with Gasteiger partial charge in [-0.25, -0.2) is 4.98 Å². The molecule has 0 amide bonds. The molecule has 1 aromatic rings. The second-order valence-electron chi connectivity index (χ2n) is 1.99. The predicted octanol–water partition coefficient (Wildman–Crippen LogP) is 3.29. The van der Waals surface area contributed by atoms with Crippen LogP contribution in [0.25, 0.3) is 0 Å². The van der Waals surface area contributed by atoms with Crippen molar-refractivity contribution in [3.8, 4) is 5.75 Å². The molecule has 0 spiro atoms. The van der Waals surface area contributed by atoms with Crippen molar-refractivity contribution in [1.29, 1.82) is 0 Å². The quantitative estimate of drug-likeness (QED) is 0.693. The topological polar surface area (TPSA) is 22.1 Å². The van der Waals surface area contributed by atoms with Crippen LogP contribution in [0.2, 0.25) is 10.2 Å². The SMILES string of the molecule is FC(F)(F)Oc1cc(Cl)ncc1Cl. The third-order valence-corrected chi connectivity index (χ3v) is 1.50. The molecule has 0 bridgehead atoms. The first-order valence-corrected chi connectivity index (χ1v) is 3.71. The number of pyridine rings is 1. The van der Waals surface area contributed by atoms with Crippen molar-refractivity contribution in [1.82, 2.24) is 4.98 Å². The summed E-state index contributed by atoms with van der Waals surface area (Å²) in [6.45, 7) is 0. The van der Waals surface area contributed by atoms with Gasteiger partial charge in [0.2, 0.25) is 0 Å². The fraction of sp³-hybridized carbons (Fsp3) is 0.167. The number of nitrogens with zero attached hydrogens (tertiary/aromatic N) is 1. The van der Waals surface area contributed by atoms with Gasteiger partial charge in [-0.15, -0.1) is 13.2 Å². The number of alkyl halides is 3. The highest BCUT2D eigenvalue weighted by molar-refractivity contribution is 6.33. The molecule has 0 saturated carbocycles. The summed E-state index contributed by atoms with van der Waals surface area (Å²) in [5, 5.41) is -0.370. The Hall–Kier alpha value is -0.680. The second kappa shape index (κ2) is 3.59. The van der Waals surface area contributed by atoms with Crippen molar-refractivity contribution in [2.24, 2.45) is 0 Å². The largest absolute Gasteiger partial charge is 0.573 e. The van der Waals surface area contributed by atoms with Gasteiger partial charge in [-0.3, -0.25) is 0 Å². The van der Waals surface area contributed by atoms with Gasteiger partial charge in [-0.05, 0) is 0 Å². The number of rotatable bonds is 1. The van der Waals surface area contributed by atoms with Gasteiger partial charge in [0.05, 0.1) is 6.20 Å². The average Bonchev–Trinajstić information content (AvgIpc) is 1.94. The van der Waals surface area contributed by atoms with Crippen LogP contribution >= 0.6 is 23.2 Å². The Labute approximate surface area is 81.2 Å². The molecule has 0 aromatic carbocycles. The zero-order valence-electron chi connectivity index (χ0n) is 5.90. The van der Waals surface area contributed by atoms with Crippen molar-refractivity contribution in [3.05, 3.63) is 22.4 Å². The monoisotopic (exact) mass is 231 g/mol. The first kappa shape index (κ1) is 10.4. The molecule has 0 aliphatic heterocycles. The average molecular weight is 232 g/mol. The number of aromatic nitrogens is 1. The summed E-state index contributed by atoms with van der Waals surface area (Å²) < 4.78 is 38.7. The highest BCUT2D eigenvalue weighted by atomic mass is 35.5. The van der Waals surface area contributed by atoms with Crippen LogP contribution in [0, 0.1) is 0 Å². The Bertz CT molecular complexity index is 315. The summed E-state index contributed by atoms with van der Waals surface area (Å²) in [7, 11) is 0. The lowest BCUT2D eigenvalue weighted by molar-refractivity contribution is -0.274. The number of halogens is 5. The van der Waals surface area contributed by atoms with E-state index in [1.807, 2.05) is 0 Å². The first-order chi connectivity index (χ1) is 5.88. The van der Waals surface area contributed by atoms with Crippen LogP contribution in [0.4, 0.5) is 13.2 Å². The molecule has 0 aliphatic carbocycles. The minimum Gasteiger partial charge on any atom is -0.404 e. The molecule has 0 atom stereocenters. The molecule has 1 aromatic heterocycles. The number of hydrogen-bond acceptors (Lipinski definition) is 2. The molecule has 0 N–H and O–H groups in total. The van der Waals surface area contributed by atoms with E-state index in [0.29, 0.717) is 0 Å². The highest BCUT2D eigenvalue weighted by Gasteiger charge is 2.32. The zero-order valence-corrected chi connectivity index (χ0v) is 7.41. The normalized spacial score (nSPS) is 11.5. The van der Waals surface area contributed by atoms with Gasteiger partial charge >= 0.3 is 6.36 Å². The van der Waals surface area contributed by atoms with Crippen LogP contribution in [0.5, 0.6) is 5.75 Å². The van der Waals surface area contributed by atoms with Crippen LogP contribution in [-0.2, 0) is 0 Å². The standard InChI is InChI=1S/C6H2Cl2F3NO/c7-3-2-12-5(8)1-4(3)13-6(9,10)11/h1-2H. The lowest BCUT2D eigenvalue weighted by Gasteiger charge is -2.09. The van der Waals surface area contributed by atoms with E-state index in [1.165, 1.54) is 0 Å². The fourth-order valence-corrected chi connectivity index (χ4v) is 0.889. The molecular weight excluding hydrogens is 230 g/mol. The molecule has 72 valence electrons. The maximum absolute atomic E-state index is 11.7. The third kappa shape index (κ3) is 3.28. The van der Waals surface area contributed by atoms with E-state index in [4.69, 9.17) is 23.2 Å². The smallest absolute Gasteiger partial charge is 0.404 e. The van der Waals surface area contributed by atoms with Gasteiger partial charge in [-0.2, -0.15) is 0 Å². The Morgan fingerprint density at radius 1 is 1.31 bits per heavy atom. The Morgan fingerprint density at radius 2 is 1.92 bits per heavy atom. The molecule has 1 heterocycles. The molecule has 2 nitrogen and oxygen atoms in total. The van der Waals surface area contributed by atoms with E-state index in [0.717, 1.165) is 12.3 Å². The molecule has 0 saturated heterocycles. The van der Waals surface area contributed by atoms with Gasteiger partial charge in [0.1, 0.15) is 10.2 Å². The summed E-state index contributed by atoms with van der Waals surface area (Å²) in [5.74, 6) is -0.561. The molecule has 7 heteroatoms. The summed E-state index contributed by atoms with van der Waals surface area (Å²) in [6, 6.07) is 0.886. The fourth-order valence-electron chi connectivity index (χ4n) is 0.599. The highest BCUT2D eigenvalue weighted by Crippen LogP contribution is 2.30. The van der Waals surface area contributed by atoms with Crippen molar-refractivity contribution in [2.75, 3.05) is 0 Å². The molecule has 0 fully saturated rings. The van der Waals surface area contributed by atoms with Crippen molar-refractivity contribution >= 4 is 23.2 Å². The Kier molecular flexibility index (Phi) is 2.87. The van der Waals surface area contributed by atoms with Gasteiger partial charge in [0.15, 0.2) is 5.75 Å². The van der Waals surface area contributed by atoms with Gasteiger partial charge in [0, 0.05) is 6.07 Å². The van der Waals surface area contributed by atoms with E-state index < -0.39 is 12.1 Å². The first-order valence-electron chi connectivity index (χ1n) is 2.95. The number of ether oxygens (including phenoxy) is 1. The minimum absolute atomic E-state index is 0.122. The van der Waals surface area contributed by atoms with Gasteiger partial charge in [-0.1, -0.05) is 23.2 Å². The maximum atomic E-state index is 11.7. The van der Waals surface area contributed by atoms with Gasteiger partial charge < -0.3 is 4.74 Å². The summed E-state index contributed by atoms with van der Waals surface area (Å²) in [5.41, 5.74) is 0. The Balaban J connectivity index is 2.94. The zero-order chi connectivity index (χ0) is 10.1. The predicted molar refractivity (Wildman–Crippen MR) is 40.9 cm³/mol. The van der Waals surface area contributed by atoms with Crippen molar-refractivity contribution < 1.29 is 17.9 Å². The molecule has 0 radical (unpaired) electrons. The van der Waals surface area contributed by atoms with E-state index in [2.05, 4.69) is 9.72 Å². The van der Waals surface area contributed by atoms with E-state index in [-0.39, 0.29) is 10.2 Å². The Morgan fingerprint density at radius 3 is 2.46 bits per heavy atom. The van der Waals surface area contributed by atoms with Gasteiger partial charge in [0.25, 0.3) is 0 Å². The second-order valence-corrected chi connectivity index (χ2v) is 2.78. The van der Waals surface area contributed by atoms with E-state index >= 15 is 0 Å². The van der Waals surface area contributed by atoms with E-state index in [9.17, 15) is 13.2 Å². The van der Waals surface area contributed by atoms with Crippen molar-refractivity contribution in [2.45, 2.75) is 6.36 Å². The molecule has 0 unspecified atom stereocenters. The lowest BCUT2D eigenvalue weighted by Crippen LogP contribution is -2.17. The summed E-state index contributed by atoms with van der Waals surface area (Å²) in [6.07, 6.45) is -3.81. The van der Waals surface area contributed by atoms with Crippen molar-refractivity contribution in [3.63, 3.8) is 0 Å². The van der Waals surface area contributed by atoms with Crippen LogP contribution in [0.15, 0.2) is 12.3 Å². The lowest BCUT2D eigenvalue weighted by atomic mass is 10.4. The van der Waals surface area contributed by atoms with Crippen LogP contribution in [-0.4, -0.2) is 11.3 Å². The third-order valence-electron chi connectivity index (χ3n) is 1.01. The van der Waals surface area contributed by atoms with E-state index in [1.54, 1.807) is 0 Å². The molecule has 0 aliphatic rings. The van der Waals surface area contributed by atoms with Crippen LogP contribution < -0.4 is 4.74 Å². The van der Waals surface area contributed by atoms with Crippen LogP contribution in [0.3, 0.4) is 0 Å². The molecular formula is C6H2Cl2F3NO. The summed E-state index contributed by atoms with van der Waals surface area (Å²) in [4.78, 5) is 3.46. The molecule has 13 heavy (non-hydrogen) atoms. The van der Waals surface area contributed by atoms with Crippen LogP contribution in [0.1, 0.15) is 0 Å². The number of hydrogen-bond donors (Lipinski definition) is 0. The molecule has 1 rings (SSSR count).